The summed E-state index contributed by atoms with van der Waals surface area (Å²) in [6, 6.07) is 6.05. The van der Waals surface area contributed by atoms with E-state index in [0.29, 0.717) is 23.5 Å². The predicted molar refractivity (Wildman–Crippen MR) is 94.7 cm³/mol. The van der Waals surface area contributed by atoms with Gasteiger partial charge in [0.05, 0.1) is 0 Å². The van der Waals surface area contributed by atoms with Crippen LogP contribution in [0.25, 0.3) is 11.5 Å². The Morgan fingerprint density at radius 2 is 1.96 bits per heavy atom. The third-order valence-corrected chi connectivity index (χ3v) is 5.75. The Balaban J connectivity index is 1.26. The minimum Gasteiger partial charge on any atom is -0.342 e. The van der Waals surface area contributed by atoms with E-state index < -0.39 is 0 Å². The van der Waals surface area contributed by atoms with Gasteiger partial charge in [-0.2, -0.15) is 4.98 Å². The van der Waals surface area contributed by atoms with Crippen LogP contribution in [0, 0.1) is 17.2 Å². The van der Waals surface area contributed by atoms with E-state index >= 15 is 0 Å². The molecule has 1 aliphatic heterocycles. The topological polar surface area (TPSA) is 59.2 Å². The first-order chi connectivity index (χ1) is 12.5. The smallest absolute Gasteiger partial charge is 0.257 e. The van der Waals surface area contributed by atoms with Gasteiger partial charge in [0, 0.05) is 30.5 Å². The summed E-state index contributed by atoms with van der Waals surface area (Å²) in [4.78, 5) is 18.9. The maximum absolute atomic E-state index is 13.0. The van der Waals surface area contributed by atoms with E-state index in [9.17, 15) is 9.18 Å². The number of halogens is 1. The Labute approximate surface area is 152 Å². The molecule has 2 heterocycles. The summed E-state index contributed by atoms with van der Waals surface area (Å²) in [5.74, 6) is 1.78. The normalized spacial score (nSPS) is 19.5. The minimum atomic E-state index is -0.283. The fourth-order valence-electron chi connectivity index (χ4n) is 3.61. The van der Waals surface area contributed by atoms with E-state index in [1.165, 1.54) is 12.1 Å². The summed E-state index contributed by atoms with van der Waals surface area (Å²) < 4.78 is 18.3. The zero-order valence-electron chi connectivity index (χ0n) is 15.1. The molecule has 6 heteroatoms. The fraction of sp³-hybridized carbons (Fsp3) is 0.550. The molecule has 0 spiro atoms. The third kappa shape index (κ3) is 3.64. The summed E-state index contributed by atoms with van der Waals surface area (Å²) in [6.45, 7) is 3.81. The summed E-state index contributed by atoms with van der Waals surface area (Å²) >= 11 is 0. The van der Waals surface area contributed by atoms with Crippen molar-refractivity contribution < 1.29 is 13.7 Å². The molecule has 26 heavy (non-hydrogen) atoms. The van der Waals surface area contributed by atoms with Crippen LogP contribution in [0.2, 0.25) is 0 Å². The molecule has 1 aliphatic carbocycles. The van der Waals surface area contributed by atoms with E-state index in [1.54, 1.807) is 12.1 Å². The number of likely N-dealkylation sites (tertiary alicyclic amines) is 1. The first-order valence-corrected chi connectivity index (χ1v) is 9.41. The Morgan fingerprint density at radius 1 is 1.27 bits per heavy atom. The number of amides is 1. The number of hydrogen-bond acceptors (Lipinski definition) is 4. The van der Waals surface area contributed by atoms with Crippen molar-refractivity contribution in [1.29, 1.82) is 0 Å². The standard InChI is InChI=1S/C20H24FN3O2/c1-20(10-11-20)19(25)24-12-8-14(9-13-24)2-7-17-22-18(26-23-17)15-3-5-16(21)6-4-15/h3-6,14H,2,7-13H2,1H3. The molecule has 1 aromatic heterocycles. The van der Waals surface area contributed by atoms with Crippen LogP contribution >= 0.6 is 0 Å². The zero-order valence-corrected chi connectivity index (χ0v) is 15.1. The number of aryl methyl sites for hydroxylation is 1. The molecule has 1 saturated carbocycles. The first kappa shape index (κ1) is 17.2. The molecule has 5 nitrogen and oxygen atoms in total. The van der Waals surface area contributed by atoms with Crippen LogP contribution in [0.4, 0.5) is 4.39 Å². The van der Waals surface area contributed by atoms with Gasteiger partial charge < -0.3 is 9.42 Å². The molecule has 0 atom stereocenters. The molecular weight excluding hydrogens is 333 g/mol. The van der Waals surface area contributed by atoms with Crippen molar-refractivity contribution in [2.24, 2.45) is 11.3 Å². The fourth-order valence-corrected chi connectivity index (χ4v) is 3.61. The number of benzene rings is 1. The predicted octanol–water partition coefficient (Wildman–Crippen LogP) is 3.85. The number of rotatable bonds is 5. The van der Waals surface area contributed by atoms with Crippen LogP contribution in [0.1, 0.15) is 44.9 Å². The number of piperidine rings is 1. The van der Waals surface area contributed by atoms with E-state index in [0.717, 1.165) is 57.2 Å². The monoisotopic (exact) mass is 357 g/mol. The second kappa shape index (κ2) is 6.82. The molecule has 4 rings (SSSR count). The lowest BCUT2D eigenvalue weighted by atomic mass is 9.91. The van der Waals surface area contributed by atoms with Gasteiger partial charge in [-0.05, 0) is 62.3 Å². The van der Waals surface area contributed by atoms with Gasteiger partial charge in [0.2, 0.25) is 5.91 Å². The Hall–Kier alpha value is -2.24. The third-order valence-electron chi connectivity index (χ3n) is 5.75. The number of hydrogen-bond donors (Lipinski definition) is 0. The molecule has 0 bridgehead atoms. The van der Waals surface area contributed by atoms with Gasteiger partial charge in [0.15, 0.2) is 5.82 Å². The number of carbonyl (C=O) groups is 1. The zero-order chi connectivity index (χ0) is 18.1. The van der Waals surface area contributed by atoms with Gasteiger partial charge in [0.1, 0.15) is 5.82 Å². The minimum absolute atomic E-state index is 0.0613. The molecule has 1 aromatic carbocycles. The van der Waals surface area contributed by atoms with Crippen LogP contribution in [-0.4, -0.2) is 34.0 Å². The van der Waals surface area contributed by atoms with Crippen molar-refractivity contribution in [3.63, 3.8) is 0 Å². The highest BCUT2D eigenvalue weighted by molar-refractivity contribution is 5.84. The van der Waals surface area contributed by atoms with Crippen LogP contribution in [0.3, 0.4) is 0 Å². The molecular formula is C20H24FN3O2. The molecule has 0 N–H and O–H groups in total. The highest BCUT2D eigenvalue weighted by Crippen LogP contribution is 2.47. The van der Waals surface area contributed by atoms with Crippen molar-refractivity contribution in [2.45, 2.75) is 45.4 Å². The maximum Gasteiger partial charge on any atom is 0.257 e. The van der Waals surface area contributed by atoms with Gasteiger partial charge in [-0.25, -0.2) is 4.39 Å². The van der Waals surface area contributed by atoms with Crippen LogP contribution in [0.15, 0.2) is 28.8 Å². The molecule has 0 radical (unpaired) electrons. The average Bonchev–Trinajstić information content (AvgIpc) is 3.24. The van der Waals surface area contributed by atoms with Gasteiger partial charge in [-0.1, -0.05) is 12.1 Å². The van der Waals surface area contributed by atoms with Crippen LogP contribution in [-0.2, 0) is 11.2 Å². The Morgan fingerprint density at radius 3 is 2.62 bits per heavy atom. The van der Waals surface area contributed by atoms with Crippen molar-refractivity contribution in [3.8, 4) is 11.5 Å². The van der Waals surface area contributed by atoms with E-state index in [-0.39, 0.29) is 11.2 Å². The van der Waals surface area contributed by atoms with Crippen molar-refractivity contribution in [1.82, 2.24) is 15.0 Å². The van der Waals surface area contributed by atoms with Gasteiger partial charge >= 0.3 is 0 Å². The second-order valence-corrected chi connectivity index (χ2v) is 7.86. The molecule has 1 amide bonds. The molecule has 2 aromatic rings. The van der Waals surface area contributed by atoms with Gasteiger partial charge in [0.25, 0.3) is 5.89 Å². The Kier molecular flexibility index (Phi) is 4.51. The molecule has 1 saturated heterocycles. The van der Waals surface area contributed by atoms with Crippen molar-refractivity contribution in [2.75, 3.05) is 13.1 Å². The van der Waals surface area contributed by atoms with E-state index in [1.807, 2.05) is 4.90 Å². The summed E-state index contributed by atoms with van der Waals surface area (Å²) in [5.41, 5.74) is 0.666. The molecule has 2 fully saturated rings. The largest absolute Gasteiger partial charge is 0.342 e. The molecule has 2 aliphatic rings. The lowest BCUT2D eigenvalue weighted by molar-refractivity contribution is -0.137. The summed E-state index contributed by atoms with van der Waals surface area (Å²) in [5, 5.41) is 4.04. The van der Waals surface area contributed by atoms with E-state index in [4.69, 9.17) is 4.52 Å². The number of nitrogens with zero attached hydrogens (tertiary/aromatic N) is 3. The van der Waals surface area contributed by atoms with E-state index in [2.05, 4.69) is 17.1 Å². The summed E-state index contributed by atoms with van der Waals surface area (Å²) in [6.07, 6.45) is 5.94. The van der Waals surface area contributed by atoms with Crippen LogP contribution in [0.5, 0.6) is 0 Å². The molecule has 138 valence electrons. The van der Waals surface area contributed by atoms with Crippen molar-refractivity contribution >= 4 is 5.91 Å². The average molecular weight is 357 g/mol. The number of aromatic nitrogens is 2. The Bertz CT molecular complexity index is 775. The van der Waals surface area contributed by atoms with Crippen LogP contribution < -0.4 is 0 Å². The number of carbonyl (C=O) groups excluding carboxylic acids is 1. The molecule has 0 unspecified atom stereocenters. The first-order valence-electron chi connectivity index (χ1n) is 9.41. The second-order valence-electron chi connectivity index (χ2n) is 7.86. The van der Waals surface area contributed by atoms with Gasteiger partial charge in [-0.3, -0.25) is 4.79 Å². The lowest BCUT2D eigenvalue weighted by Crippen LogP contribution is -2.41. The van der Waals surface area contributed by atoms with Crippen molar-refractivity contribution in [3.05, 3.63) is 35.9 Å². The highest BCUT2D eigenvalue weighted by atomic mass is 19.1. The highest BCUT2D eigenvalue weighted by Gasteiger charge is 2.47. The van der Waals surface area contributed by atoms with Gasteiger partial charge in [-0.15, -0.1) is 0 Å². The maximum atomic E-state index is 13.0. The quantitative estimate of drug-likeness (QED) is 0.816. The summed E-state index contributed by atoms with van der Waals surface area (Å²) in [7, 11) is 0. The SMILES string of the molecule is CC1(C(=O)N2CCC(CCc3noc(-c4ccc(F)cc4)n3)CC2)CC1. The lowest BCUT2D eigenvalue weighted by Gasteiger charge is -2.33.